The van der Waals surface area contributed by atoms with Crippen molar-refractivity contribution in [1.82, 2.24) is 29.5 Å². The van der Waals surface area contributed by atoms with Gasteiger partial charge in [-0.1, -0.05) is 6.92 Å². The molecule has 3 aromatic rings. The lowest BCUT2D eigenvalue weighted by Crippen LogP contribution is -2.47. The van der Waals surface area contributed by atoms with Crippen molar-refractivity contribution < 1.29 is 31.1 Å². The summed E-state index contributed by atoms with van der Waals surface area (Å²) in [5.74, 6) is 0.368. The van der Waals surface area contributed by atoms with Crippen LogP contribution < -0.4 is 4.90 Å². The van der Waals surface area contributed by atoms with Crippen molar-refractivity contribution in [3.63, 3.8) is 0 Å². The number of carbonyl (C=O) groups excluding carboxylic acids is 1. The molecule has 1 aromatic carbocycles. The van der Waals surface area contributed by atoms with E-state index in [0.717, 1.165) is 37.0 Å². The third-order valence-corrected chi connectivity index (χ3v) is 8.92. The van der Waals surface area contributed by atoms with E-state index in [4.69, 9.17) is 0 Å². The minimum absolute atomic E-state index is 0.0735. The number of urea groups is 1. The number of rotatable bonds is 5. The van der Waals surface area contributed by atoms with Gasteiger partial charge in [0.1, 0.15) is 0 Å². The fourth-order valence-electron chi connectivity index (χ4n) is 6.52. The van der Waals surface area contributed by atoms with Crippen molar-refractivity contribution in [3.05, 3.63) is 59.7 Å². The molecule has 3 atom stereocenters. The highest BCUT2D eigenvalue weighted by molar-refractivity contribution is 5.77. The van der Waals surface area contributed by atoms with Crippen molar-refractivity contribution in [2.45, 2.75) is 63.1 Å². The predicted octanol–water partition coefficient (Wildman–Crippen LogP) is 5.99. The van der Waals surface area contributed by atoms with E-state index in [1.54, 1.807) is 41.4 Å². The zero-order chi connectivity index (χ0) is 30.7. The standard InChI is InChI=1S/C29H31F6N7O/c1-18-10-27(18)11-24(17-42(27)26(43)40-5-3-4-6-40)41(25-36-12-20(13-37-25)21-14-38-39(2)16-21)15-19-7-22(28(30,31)32)9-23(8-19)29(33,34)35/h7-9,12-14,16,18,24H,3-6,10-11,15,17H2,1-2H3/t18-,24+,27?/m1/s1. The molecule has 2 amide bonds. The number of halogens is 6. The molecule has 3 fully saturated rings. The summed E-state index contributed by atoms with van der Waals surface area (Å²) in [4.78, 5) is 27.9. The molecule has 2 aromatic heterocycles. The SMILES string of the molecule is C[C@@H]1CC12C[C@H](N(Cc1cc(C(F)(F)F)cc(C(F)(F)F)c1)c1ncc(-c3cnn(C)c3)cn1)CN2C(=O)N1CCCC1. The molecule has 1 aliphatic carbocycles. The molecular formula is C29H31F6N7O. The van der Waals surface area contributed by atoms with E-state index in [1.807, 2.05) is 9.80 Å². The minimum Gasteiger partial charge on any atom is -0.332 e. The van der Waals surface area contributed by atoms with Crippen molar-refractivity contribution in [1.29, 1.82) is 0 Å². The Kier molecular flexibility index (Phi) is 7.08. The van der Waals surface area contributed by atoms with E-state index in [2.05, 4.69) is 22.0 Å². The van der Waals surface area contributed by atoms with Gasteiger partial charge in [-0.15, -0.1) is 0 Å². The largest absolute Gasteiger partial charge is 0.416 e. The van der Waals surface area contributed by atoms with Crippen LogP contribution in [0.1, 0.15) is 49.3 Å². The monoisotopic (exact) mass is 607 g/mol. The summed E-state index contributed by atoms with van der Waals surface area (Å²) >= 11 is 0. The number of alkyl halides is 6. The first-order valence-corrected chi connectivity index (χ1v) is 14.2. The summed E-state index contributed by atoms with van der Waals surface area (Å²) in [5.41, 5.74) is -1.95. The molecule has 1 unspecified atom stereocenters. The second-order valence-electron chi connectivity index (χ2n) is 11.9. The molecule has 2 saturated heterocycles. The van der Waals surface area contributed by atoms with Crippen LogP contribution in [0.15, 0.2) is 43.0 Å². The molecule has 0 radical (unpaired) electrons. The van der Waals surface area contributed by atoms with Crippen LogP contribution in [-0.2, 0) is 25.9 Å². The van der Waals surface area contributed by atoms with Gasteiger partial charge >= 0.3 is 18.4 Å². The van der Waals surface area contributed by atoms with E-state index in [9.17, 15) is 31.1 Å². The maximum atomic E-state index is 13.7. The zero-order valence-corrected chi connectivity index (χ0v) is 23.7. The van der Waals surface area contributed by atoms with E-state index in [-0.39, 0.29) is 42.6 Å². The van der Waals surface area contributed by atoms with Crippen LogP contribution in [0.4, 0.5) is 37.1 Å². The van der Waals surface area contributed by atoms with Gasteiger partial charge in [-0.2, -0.15) is 31.4 Å². The summed E-state index contributed by atoms with van der Waals surface area (Å²) in [6.45, 7) is 3.34. The highest BCUT2D eigenvalue weighted by Gasteiger charge is 2.63. The quantitative estimate of drug-likeness (QED) is 0.334. The fraction of sp³-hybridized carbons (Fsp3) is 0.517. The van der Waals surface area contributed by atoms with Crippen LogP contribution in [0.5, 0.6) is 0 Å². The van der Waals surface area contributed by atoms with Crippen LogP contribution in [0.3, 0.4) is 0 Å². The van der Waals surface area contributed by atoms with Crippen molar-refractivity contribution in [3.8, 4) is 11.1 Å². The number of hydrogen-bond donors (Lipinski definition) is 0. The molecule has 0 bridgehead atoms. The molecule has 1 saturated carbocycles. The second kappa shape index (κ2) is 10.4. The first-order chi connectivity index (χ1) is 20.2. The molecule has 8 nitrogen and oxygen atoms in total. The number of hydrogen-bond acceptors (Lipinski definition) is 5. The molecule has 2 aliphatic heterocycles. The number of likely N-dealkylation sites (tertiary alicyclic amines) is 2. The zero-order valence-electron chi connectivity index (χ0n) is 23.7. The number of carbonyl (C=O) groups is 1. The summed E-state index contributed by atoms with van der Waals surface area (Å²) in [7, 11) is 1.76. The molecule has 43 heavy (non-hydrogen) atoms. The predicted molar refractivity (Wildman–Crippen MR) is 145 cm³/mol. The minimum atomic E-state index is -4.97. The Balaban J connectivity index is 1.37. The number of anilines is 1. The Morgan fingerprint density at radius 3 is 2.07 bits per heavy atom. The molecular weight excluding hydrogens is 576 g/mol. The maximum absolute atomic E-state index is 13.7. The first kappa shape index (κ1) is 29.2. The molecule has 4 heterocycles. The van der Waals surface area contributed by atoms with Gasteiger partial charge in [0.05, 0.1) is 23.4 Å². The smallest absolute Gasteiger partial charge is 0.332 e. The third-order valence-electron chi connectivity index (χ3n) is 8.92. The first-order valence-electron chi connectivity index (χ1n) is 14.2. The van der Waals surface area contributed by atoms with Gasteiger partial charge in [-0.25, -0.2) is 14.8 Å². The highest BCUT2D eigenvalue weighted by Crippen LogP contribution is 2.56. The Bertz CT molecular complexity index is 1470. The normalized spacial score (nSPS) is 23.8. The van der Waals surface area contributed by atoms with Crippen molar-refractivity contribution in [2.24, 2.45) is 13.0 Å². The van der Waals surface area contributed by atoms with Crippen molar-refractivity contribution in [2.75, 3.05) is 24.5 Å². The number of aromatic nitrogens is 4. The second-order valence-corrected chi connectivity index (χ2v) is 11.9. The Morgan fingerprint density at radius 1 is 0.953 bits per heavy atom. The van der Waals surface area contributed by atoms with E-state index < -0.39 is 35.1 Å². The van der Waals surface area contributed by atoms with Gasteiger partial charge in [0.15, 0.2) is 0 Å². The summed E-state index contributed by atoms with van der Waals surface area (Å²) in [6.07, 6.45) is -0.299. The van der Waals surface area contributed by atoms with Gasteiger partial charge in [-0.3, -0.25) is 4.68 Å². The number of nitrogens with zero attached hydrogens (tertiary/aromatic N) is 7. The van der Waals surface area contributed by atoms with Gasteiger partial charge in [0, 0.05) is 68.5 Å². The van der Waals surface area contributed by atoms with Crippen LogP contribution in [0.2, 0.25) is 0 Å². The van der Waals surface area contributed by atoms with E-state index >= 15 is 0 Å². The van der Waals surface area contributed by atoms with Crippen LogP contribution in [-0.4, -0.2) is 66.8 Å². The maximum Gasteiger partial charge on any atom is 0.416 e. The van der Waals surface area contributed by atoms with E-state index in [0.29, 0.717) is 25.1 Å². The summed E-state index contributed by atoms with van der Waals surface area (Å²) < 4.78 is 83.7. The van der Waals surface area contributed by atoms with Crippen LogP contribution in [0, 0.1) is 5.92 Å². The lowest BCUT2D eigenvalue weighted by atomic mass is 10.0. The number of amides is 2. The molecule has 1 spiro atoms. The average molecular weight is 608 g/mol. The van der Waals surface area contributed by atoms with Gasteiger partial charge in [-0.05, 0) is 55.4 Å². The summed E-state index contributed by atoms with van der Waals surface area (Å²) in [6, 6.07) is 1.10. The fourth-order valence-corrected chi connectivity index (χ4v) is 6.52. The number of benzene rings is 1. The number of aryl methyl sites for hydroxylation is 1. The lowest BCUT2D eigenvalue weighted by molar-refractivity contribution is -0.143. The van der Waals surface area contributed by atoms with Crippen LogP contribution in [0.25, 0.3) is 11.1 Å². The molecule has 230 valence electrons. The van der Waals surface area contributed by atoms with Gasteiger partial charge in [0.2, 0.25) is 5.95 Å². The molecule has 0 N–H and O–H groups in total. The highest BCUT2D eigenvalue weighted by atomic mass is 19.4. The van der Waals surface area contributed by atoms with Crippen molar-refractivity contribution >= 4 is 12.0 Å². The average Bonchev–Trinajstić information content (AvgIpc) is 3.43. The lowest BCUT2D eigenvalue weighted by Gasteiger charge is -2.31. The Morgan fingerprint density at radius 2 is 1.56 bits per heavy atom. The van der Waals surface area contributed by atoms with Gasteiger partial charge < -0.3 is 14.7 Å². The van der Waals surface area contributed by atoms with E-state index in [1.165, 1.54) is 0 Å². The topological polar surface area (TPSA) is 70.4 Å². The van der Waals surface area contributed by atoms with Crippen LogP contribution >= 0.6 is 0 Å². The Hall–Kier alpha value is -3.84. The Labute approximate surface area is 244 Å². The molecule has 3 aliphatic rings. The summed E-state index contributed by atoms with van der Waals surface area (Å²) in [5, 5.41) is 4.14. The third kappa shape index (κ3) is 5.63. The molecule has 14 heteroatoms. The molecule has 6 rings (SSSR count). The van der Waals surface area contributed by atoms with Gasteiger partial charge in [0.25, 0.3) is 0 Å².